The van der Waals surface area contributed by atoms with Crippen molar-refractivity contribution in [3.8, 4) is 0 Å². The molecule has 0 radical (unpaired) electrons. The van der Waals surface area contributed by atoms with Gasteiger partial charge < -0.3 is 0 Å². The monoisotopic (exact) mass is 450 g/mol. The van der Waals surface area contributed by atoms with Crippen LogP contribution in [0.25, 0.3) is 0 Å². The van der Waals surface area contributed by atoms with E-state index < -0.39 is 0 Å². The van der Waals surface area contributed by atoms with Crippen LogP contribution in [-0.4, -0.2) is 35.2 Å². The van der Waals surface area contributed by atoms with Crippen LogP contribution < -0.4 is 0 Å². The summed E-state index contributed by atoms with van der Waals surface area (Å²) >= 11 is -0.0136. The van der Waals surface area contributed by atoms with E-state index in [1.54, 1.807) is 0 Å². The average Bonchev–Trinajstić information content (AvgIpc) is 2.65. The zero-order valence-electron chi connectivity index (χ0n) is 18.6. The molecule has 2 nitrogen and oxygen atoms in total. The van der Waals surface area contributed by atoms with Gasteiger partial charge in [0.2, 0.25) is 0 Å². The Balaban J connectivity index is 3.30. The molecule has 0 saturated carbocycles. The minimum absolute atomic E-state index is 0.0136. The van der Waals surface area contributed by atoms with Crippen molar-refractivity contribution in [1.82, 2.24) is 0 Å². The summed E-state index contributed by atoms with van der Waals surface area (Å²) in [5.74, 6) is 0. The molecule has 2 atom stereocenters. The van der Waals surface area contributed by atoms with Gasteiger partial charge in [-0.1, -0.05) is 0 Å². The van der Waals surface area contributed by atoms with Crippen molar-refractivity contribution in [3.05, 3.63) is 0 Å². The van der Waals surface area contributed by atoms with Gasteiger partial charge in [0.25, 0.3) is 0 Å². The molecule has 0 aliphatic carbocycles. The van der Waals surface area contributed by atoms with E-state index in [1.165, 1.54) is 103 Å². The van der Waals surface area contributed by atoms with Gasteiger partial charge in [0.05, 0.1) is 0 Å². The van der Waals surface area contributed by atoms with Gasteiger partial charge in [0.15, 0.2) is 0 Å². The predicted octanol–water partition coefficient (Wildman–Crippen LogP) is 7.17. The number of aliphatic hydroxyl groups excluding tert-OH is 2. The molecule has 2 N–H and O–H groups in total. The predicted molar refractivity (Wildman–Crippen MR) is 121 cm³/mol. The normalized spacial score (nSPS) is 13.8. The molecule has 0 bridgehead atoms. The van der Waals surface area contributed by atoms with Gasteiger partial charge in [-0.3, -0.25) is 0 Å². The number of unbranched alkanes of at least 4 members (excludes halogenated alkanes) is 16. The van der Waals surface area contributed by atoms with Crippen molar-refractivity contribution in [2.24, 2.45) is 0 Å². The van der Waals surface area contributed by atoms with Crippen LogP contribution in [0.1, 0.15) is 142 Å². The average molecular weight is 450 g/mol. The number of aliphatic hydroxyl groups is 2. The second-order valence-corrected chi connectivity index (χ2v) is 11.1. The Morgan fingerprint density at radius 2 is 0.704 bits per heavy atom. The summed E-state index contributed by atoms with van der Waals surface area (Å²) < 4.78 is 0. The van der Waals surface area contributed by atoms with Gasteiger partial charge in [-0.05, 0) is 0 Å². The maximum absolute atomic E-state index is 10.1. The van der Waals surface area contributed by atoms with E-state index in [4.69, 9.17) is 0 Å². The summed E-state index contributed by atoms with van der Waals surface area (Å²) in [4.78, 5) is 0. The first-order valence-electron chi connectivity index (χ1n) is 12.2. The number of hydrogen-bond acceptors (Lipinski definition) is 2. The first kappa shape index (κ1) is 27.4. The van der Waals surface area contributed by atoms with Crippen LogP contribution in [0.3, 0.4) is 0 Å². The van der Waals surface area contributed by atoms with E-state index in [-0.39, 0.29) is 25.0 Å². The molecule has 0 saturated heterocycles. The standard InChI is InChI=1S/C24H50O2Se/c1-3-5-7-9-11-13-15-17-19-21-23(25)27-24(26)22-20-18-16-14-12-10-8-6-4-2/h23-26H,3-22H2,1-2H3. The van der Waals surface area contributed by atoms with Gasteiger partial charge >= 0.3 is 177 Å². The fraction of sp³-hybridized carbons (Fsp3) is 1.00. The van der Waals surface area contributed by atoms with Gasteiger partial charge in [0.1, 0.15) is 0 Å². The number of rotatable bonds is 22. The third kappa shape index (κ3) is 22.6. The molecule has 0 fully saturated rings. The van der Waals surface area contributed by atoms with Crippen molar-refractivity contribution in [1.29, 1.82) is 0 Å². The van der Waals surface area contributed by atoms with Gasteiger partial charge in [-0.15, -0.1) is 0 Å². The molecule has 3 heteroatoms. The Kier molecular flexibility index (Phi) is 23.1. The quantitative estimate of drug-likeness (QED) is 0.136. The van der Waals surface area contributed by atoms with Crippen LogP contribution in [0.2, 0.25) is 0 Å². The van der Waals surface area contributed by atoms with Crippen molar-refractivity contribution < 1.29 is 10.2 Å². The molecule has 0 amide bonds. The van der Waals surface area contributed by atoms with Crippen LogP contribution in [-0.2, 0) is 0 Å². The molecule has 0 aliphatic rings. The first-order chi connectivity index (χ1) is 13.2. The van der Waals surface area contributed by atoms with E-state index in [1.807, 2.05) is 0 Å². The summed E-state index contributed by atoms with van der Waals surface area (Å²) in [6.07, 6.45) is 25.6. The Bertz CT molecular complexity index is 247. The summed E-state index contributed by atoms with van der Waals surface area (Å²) in [6, 6.07) is 0. The molecule has 0 rings (SSSR count). The minimum atomic E-state index is -0.240. The topological polar surface area (TPSA) is 40.5 Å². The Labute approximate surface area is 177 Å². The molecule has 0 aliphatic heterocycles. The second kappa shape index (κ2) is 22.7. The Morgan fingerprint density at radius 1 is 0.444 bits per heavy atom. The van der Waals surface area contributed by atoms with E-state index in [0.717, 1.165) is 25.7 Å². The van der Waals surface area contributed by atoms with E-state index in [2.05, 4.69) is 13.8 Å². The van der Waals surface area contributed by atoms with Gasteiger partial charge in [-0.2, -0.15) is 0 Å². The molecule has 0 spiro atoms. The summed E-state index contributed by atoms with van der Waals surface area (Å²) in [7, 11) is 0. The molecule has 0 aromatic heterocycles. The van der Waals surface area contributed by atoms with Gasteiger partial charge in [0, 0.05) is 0 Å². The fourth-order valence-electron chi connectivity index (χ4n) is 3.58. The number of hydrogen-bond donors (Lipinski definition) is 2. The molecular weight excluding hydrogens is 399 g/mol. The summed E-state index contributed by atoms with van der Waals surface area (Å²) in [6.45, 7) is 4.53. The van der Waals surface area contributed by atoms with Crippen molar-refractivity contribution >= 4 is 15.0 Å². The van der Waals surface area contributed by atoms with Crippen LogP contribution in [0.4, 0.5) is 0 Å². The third-order valence-electron chi connectivity index (χ3n) is 5.42. The molecule has 164 valence electrons. The zero-order chi connectivity index (χ0) is 20.0. The third-order valence-corrected chi connectivity index (χ3v) is 7.73. The van der Waals surface area contributed by atoms with E-state index in [9.17, 15) is 10.2 Å². The zero-order valence-corrected chi connectivity index (χ0v) is 20.3. The van der Waals surface area contributed by atoms with Crippen molar-refractivity contribution in [2.45, 2.75) is 152 Å². The van der Waals surface area contributed by atoms with E-state index >= 15 is 0 Å². The van der Waals surface area contributed by atoms with Crippen LogP contribution >= 0.6 is 0 Å². The molecule has 27 heavy (non-hydrogen) atoms. The maximum atomic E-state index is 10.1. The first-order valence-corrected chi connectivity index (χ1v) is 14.2. The molecule has 0 aromatic rings. The van der Waals surface area contributed by atoms with Crippen molar-refractivity contribution in [3.63, 3.8) is 0 Å². The Hall–Kier alpha value is 0.439. The molecule has 2 unspecified atom stereocenters. The van der Waals surface area contributed by atoms with Crippen LogP contribution in [0.15, 0.2) is 0 Å². The molecule has 0 aromatic carbocycles. The van der Waals surface area contributed by atoms with Gasteiger partial charge in [-0.25, -0.2) is 0 Å². The summed E-state index contributed by atoms with van der Waals surface area (Å²) in [5, 5.41) is 19.8. The second-order valence-electron chi connectivity index (χ2n) is 8.28. The molecule has 0 heterocycles. The van der Waals surface area contributed by atoms with Crippen LogP contribution in [0.5, 0.6) is 0 Å². The van der Waals surface area contributed by atoms with Crippen molar-refractivity contribution in [2.75, 3.05) is 0 Å². The fourth-order valence-corrected chi connectivity index (χ4v) is 5.61. The molecular formula is C24H50O2Se. The SMILES string of the molecule is CCCCCCCCCCCC(O)[Se]C(O)CCCCCCCCCCC. The van der Waals surface area contributed by atoms with E-state index in [0.29, 0.717) is 0 Å². The van der Waals surface area contributed by atoms with Crippen LogP contribution in [0, 0.1) is 0 Å². The summed E-state index contributed by atoms with van der Waals surface area (Å²) in [5.41, 5.74) is 0. The Morgan fingerprint density at radius 3 is 1.00 bits per heavy atom.